The van der Waals surface area contributed by atoms with E-state index < -0.39 is 10.0 Å². The quantitative estimate of drug-likeness (QED) is 0.579. The number of rotatable bonds is 7. The predicted molar refractivity (Wildman–Crippen MR) is 126 cm³/mol. The Kier molecular flexibility index (Phi) is 6.46. The van der Waals surface area contributed by atoms with Gasteiger partial charge in [0.25, 0.3) is 10.0 Å². The van der Waals surface area contributed by atoms with Gasteiger partial charge >= 0.3 is 0 Å². The second kappa shape index (κ2) is 9.44. The number of fused-ring (bicyclic) bond motifs is 1. The van der Waals surface area contributed by atoms with Crippen LogP contribution in [0, 0.1) is 0 Å². The minimum absolute atomic E-state index is 0.126. The number of hydrogen-bond donors (Lipinski definition) is 1. The van der Waals surface area contributed by atoms with Gasteiger partial charge in [0.05, 0.1) is 23.6 Å². The summed E-state index contributed by atoms with van der Waals surface area (Å²) in [4.78, 5) is 12.8. The lowest BCUT2D eigenvalue weighted by atomic mass is 10.0. The number of benzene rings is 3. The number of ether oxygens (including phenoxy) is 1. The Morgan fingerprint density at radius 2 is 1.78 bits per heavy atom. The average molecular weight is 451 g/mol. The number of aryl methyl sites for hydroxylation is 1. The lowest BCUT2D eigenvalue weighted by Gasteiger charge is -2.31. The standard InChI is InChI=1S/C25H26N2O4S/c1-2-31-22-13-10-19(11-14-22)17-25(28)26-21-12-15-24-20(18-21)7-6-16-27(24)32(29,30)23-8-4-3-5-9-23/h3-5,8-15,18H,2,6-7,16-17H2,1H3,(H,26,28). The van der Waals surface area contributed by atoms with Crippen molar-refractivity contribution >= 4 is 27.3 Å². The fourth-order valence-corrected chi connectivity index (χ4v) is 5.43. The summed E-state index contributed by atoms with van der Waals surface area (Å²) in [6, 6.07) is 21.3. The highest BCUT2D eigenvalue weighted by Gasteiger charge is 2.29. The summed E-state index contributed by atoms with van der Waals surface area (Å²) in [6.07, 6.45) is 1.74. The van der Waals surface area contributed by atoms with Gasteiger partial charge in [-0.15, -0.1) is 0 Å². The first-order chi connectivity index (χ1) is 15.5. The SMILES string of the molecule is CCOc1ccc(CC(=O)Nc2ccc3c(c2)CCCN3S(=O)(=O)c2ccccc2)cc1. The predicted octanol–water partition coefficient (Wildman–Crippen LogP) is 4.41. The van der Waals surface area contributed by atoms with Crippen molar-refractivity contribution in [3.05, 3.63) is 83.9 Å². The van der Waals surface area contributed by atoms with Gasteiger partial charge in [-0.1, -0.05) is 30.3 Å². The molecule has 0 radical (unpaired) electrons. The molecule has 1 heterocycles. The summed E-state index contributed by atoms with van der Waals surface area (Å²) in [6.45, 7) is 2.96. The van der Waals surface area contributed by atoms with Crippen molar-refractivity contribution in [2.24, 2.45) is 0 Å². The molecule has 0 aromatic heterocycles. The number of nitrogens with zero attached hydrogens (tertiary/aromatic N) is 1. The molecule has 1 aliphatic rings. The van der Waals surface area contributed by atoms with E-state index in [2.05, 4.69) is 5.32 Å². The van der Waals surface area contributed by atoms with E-state index in [0.717, 1.165) is 29.7 Å². The van der Waals surface area contributed by atoms with Crippen LogP contribution in [-0.2, 0) is 27.7 Å². The van der Waals surface area contributed by atoms with Gasteiger partial charge in [-0.2, -0.15) is 0 Å². The second-order valence-electron chi connectivity index (χ2n) is 7.64. The van der Waals surface area contributed by atoms with Crippen molar-refractivity contribution in [1.82, 2.24) is 0 Å². The van der Waals surface area contributed by atoms with E-state index in [4.69, 9.17) is 4.74 Å². The third-order valence-electron chi connectivity index (χ3n) is 5.37. The number of hydrogen-bond acceptors (Lipinski definition) is 4. The highest BCUT2D eigenvalue weighted by molar-refractivity contribution is 7.92. The molecule has 166 valence electrons. The van der Waals surface area contributed by atoms with Crippen molar-refractivity contribution in [2.45, 2.75) is 31.1 Å². The Hall–Kier alpha value is -3.32. The van der Waals surface area contributed by atoms with Crippen LogP contribution in [-0.4, -0.2) is 27.5 Å². The van der Waals surface area contributed by atoms with Gasteiger partial charge in [0.15, 0.2) is 0 Å². The van der Waals surface area contributed by atoms with Crippen LogP contribution in [0.2, 0.25) is 0 Å². The molecule has 0 saturated carbocycles. The summed E-state index contributed by atoms with van der Waals surface area (Å²) >= 11 is 0. The van der Waals surface area contributed by atoms with Crippen LogP contribution >= 0.6 is 0 Å². The van der Waals surface area contributed by atoms with Crippen LogP contribution < -0.4 is 14.4 Å². The van der Waals surface area contributed by atoms with E-state index in [1.54, 1.807) is 42.5 Å². The van der Waals surface area contributed by atoms with E-state index >= 15 is 0 Å². The third kappa shape index (κ3) is 4.78. The average Bonchev–Trinajstić information content (AvgIpc) is 2.80. The molecule has 3 aromatic rings. The molecule has 32 heavy (non-hydrogen) atoms. The molecule has 1 aliphatic heterocycles. The Morgan fingerprint density at radius 1 is 1.03 bits per heavy atom. The van der Waals surface area contributed by atoms with Gasteiger partial charge in [-0.3, -0.25) is 9.10 Å². The summed E-state index contributed by atoms with van der Waals surface area (Å²) in [5.74, 6) is 0.653. The lowest BCUT2D eigenvalue weighted by Crippen LogP contribution is -2.35. The van der Waals surface area contributed by atoms with Gasteiger partial charge < -0.3 is 10.1 Å². The topological polar surface area (TPSA) is 75.7 Å². The Labute approximate surface area is 188 Å². The van der Waals surface area contributed by atoms with Crippen LogP contribution in [0.25, 0.3) is 0 Å². The van der Waals surface area contributed by atoms with E-state index in [1.165, 1.54) is 4.31 Å². The Balaban J connectivity index is 1.48. The van der Waals surface area contributed by atoms with E-state index in [1.807, 2.05) is 37.3 Å². The molecular formula is C25H26N2O4S. The number of amides is 1. The maximum atomic E-state index is 13.1. The van der Waals surface area contributed by atoms with Gasteiger partial charge in [0.2, 0.25) is 5.91 Å². The van der Waals surface area contributed by atoms with Crippen LogP contribution in [0.15, 0.2) is 77.7 Å². The molecule has 0 spiro atoms. The zero-order valence-electron chi connectivity index (χ0n) is 18.0. The molecule has 0 atom stereocenters. The molecule has 7 heteroatoms. The summed E-state index contributed by atoms with van der Waals surface area (Å²) < 4.78 is 33.1. The van der Waals surface area contributed by atoms with Crippen LogP contribution in [0.3, 0.4) is 0 Å². The van der Waals surface area contributed by atoms with E-state index in [-0.39, 0.29) is 17.2 Å². The molecule has 0 fully saturated rings. The number of anilines is 2. The maximum Gasteiger partial charge on any atom is 0.264 e. The fourth-order valence-electron chi connectivity index (χ4n) is 3.87. The maximum absolute atomic E-state index is 13.1. The first-order valence-corrected chi connectivity index (χ1v) is 12.1. The van der Waals surface area contributed by atoms with Crippen LogP contribution in [0.4, 0.5) is 11.4 Å². The molecule has 6 nitrogen and oxygen atoms in total. The van der Waals surface area contributed by atoms with Crippen LogP contribution in [0.5, 0.6) is 5.75 Å². The van der Waals surface area contributed by atoms with Crippen LogP contribution in [0.1, 0.15) is 24.5 Å². The number of carbonyl (C=O) groups excluding carboxylic acids is 1. The summed E-state index contributed by atoms with van der Waals surface area (Å²) in [7, 11) is -3.62. The smallest absolute Gasteiger partial charge is 0.264 e. The zero-order valence-corrected chi connectivity index (χ0v) is 18.8. The summed E-state index contributed by atoms with van der Waals surface area (Å²) in [5.41, 5.74) is 3.14. The summed E-state index contributed by atoms with van der Waals surface area (Å²) in [5, 5.41) is 2.93. The number of carbonyl (C=O) groups is 1. The molecular weight excluding hydrogens is 424 g/mol. The van der Waals surface area contributed by atoms with Crippen molar-refractivity contribution in [2.75, 3.05) is 22.8 Å². The van der Waals surface area contributed by atoms with Crippen molar-refractivity contribution in [3.63, 3.8) is 0 Å². The van der Waals surface area contributed by atoms with E-state index in [9.17, 15) is 13.2 Å². The normalized spacial score (nSPS) is 13.3. The molecule has 1 amide bonds. The third-order valence-corrected chi connectivity index (χ3v) is 7.20. The second-order valence-corrected chi connectivity index (χ2v) is 9.50. The van der Waals surface area contributed by atoms with E-state index in [0.29, 0.717) is 24.5 Å². The first-order valence-electron chi connectivity index (χ1n) is 10.7. The Bertz CT molecular complexity index is 1190. The monoisotopic (exact) mass is 450 g/mol. The highest BCUT2D eigenvalue weighted by Crippen LogP contribution is 2.33. The molecule has 1 N–H and O–H groups in total. The molecule has 0 saturated heterocycles. The largest absolute Gasteiger partial charge is 0.494 e. The number of nitrogens with one attached hydrogen (secondary N) is 1. The highest BCUT2D eigenvalue weighted by atomic mass is 32.2. The molecule has 0 bridgehead atoms. The molecule has 0 aliphatic carbocycles. The first kappa shape index (κ1) is 21.9. The van der Waals surface area contributed by atoms with Crippen molar-refractivity contribution in [3.8, 4) is 5.75 Å². The van der Waals surface area contributed by atoms with Gasteiger partial charge in [-0.25, -0.2) is 8.42 Å². The fraction of sp³-hybridized carbons (Fsp3) is 0.240. The van der Waals surface area contributed by atoms with Gasteiger partial charge in [-0.05, 0) is 73.4 Å². The minimum Gasteiger partial charge on any atom is -0.494 e. The van der Waals surface area contributed by atoms with Gasteiger partial charge in [0, 0.05) is 12.2 Å². The number of sulfonamides is 1. The van der Waals surface area contributed by atoms with Crippen molar-refractivity contribution < 1.29 is 17.9 Å². The lowest BCUT2D eigenvalue weighted by molar-refractivity contribution is -0.115. The molecule has 4 rings (SSSR count). The minimum atomic E-state index is -3.62. The zero-order chi connectivity index (χ0) is 22.6. The molecule has 0 unspecified atom stereocenters. The molecule has 3 aromatic carbocycles. The Morgan fingerprint density at radius 3 is 2.50 bits per heavy atom. The van der Waals surface area contributed by atoms with Gasteiger partial charge in [0.1, 0.15) is 5.75 Å². The van der Waals surface area contributed by atoms with Crippen molar-refractivity contribution in [1.29, 1.82) is 0 Å².